The van der Waals surface area contributed by atoms with Crippen LogP contribution >= 0.6 is 11.3 Å². The van der Waals surface area contributed by atoms with Crippen LogP contribution in [0.25, 0.3) is 0 Å². The minimum absolute atomic E-state index is 0.814. The Labute approximate surface area is 121 Å². The molecule has 0 aromatic carbocycles. The van der Waals surface area contributed by atoms with E-state index in [2.05, 4.69) is 36.2 Å². The Hall–Kier alpha value is -0.380. The number of hydrogen-bond donors (Lipinski definition) is 1. The number of hydrogen-bond acceptors (Lipinski definition) is 3. The normalized spacial score (nSPS) is 28.7. The lowest BCUT2D eigenvalue weighted by Gasteiger charge is -2.34. The smallest absolute Gasteiger partial charge is 0.0328 e. The van der Waals surface area contributed by atoms with Crippen LogP contribution in [0, 0.1) is 11.8 Å². The van der Waals surface area contributed by atoms with Crippen molar-refractivity contribution < 1.29 is 0 Å². The van der Waals surface area contributed by atoms with Gasteiger partial charge in [0.2, 0.25) is 0 Å². The molecule has 0 bridgehead atoms. The first kappa shape index (κ1) is 13.6. The van der Waals surface area contributed by atoms with Gasteiger partial charge in [0.05, 0.1) is 0 Å². The minimum Gasteiger partial charge on any atom is -0.309 e. The van der Waals surface area contributed by atoms with Gasteiger partial charge in [0.25, 0.3) is 0 Å². The van der Waals surface area contributed by atoms with E-state index < -0.39 is 0 Å². The third-order valence-electron chi connectivity index (χ3n) is 4.18. The molecule has 3 heteroatoms. The van der Waals surface area contributed by atoms with Crippen LogP contribution in [0.5, 0.6) is 0 Å². The Kier molecular flexibility index (Phi) is 4.25. The first-order valence-corrected chi connectivity index (χ1v) is 8.54. The Balaban J connectivity index is 1.51. The van der Waals surface area contributed by atoms with E-state index in [4.69, 9.17) is 0 Å². The van der Waals surface area contributed by atoms with Gasteiger partial charge in [0.15, 0.2) is 0 Å². The predicted molar refractivity (Wildman–Crippen MR) is 82.4 cm³/mol. The molecule has 1 aliphatic heterocycles. The maximum absolute atomic E-state index is 3.60. The van der Waals surface area contributed by atoms with Gasteiger partial charge >= 0.3 is 0 Å². The molecule has 19 heavy (non-hydrogen) atoms. The fourth-order valence-electron chi connectivity index (χ4n) is 3.28. The lowest BCUT2D eigenvalue weighted by molar-refractivity contribution is 0.135. The molecule has 3 rings (SSSR count). The second-order valence-electron chi connectivity index (χ2n) is 6.66. The van der Waals surface area contributed by atoms with Crippen LogP contribution in [0.3, 0.4) is 0 Å². The topological polar surface area (TPSA) is 15.3 Å². The maximum Gasteiger partial charge on any atom is 0.0328 e. The van der Waals surface area contributed by atoms with Crippen LogP contribution in [0.4, 0.5) is 0 Å². The third-order valence-corrected chi connectivity index (χ3v) is 5.25. The van der Waals surface area contributed by atoms with Gasteiger partial charge in [-0.15, -0.1) is 11.3 Å². The highest BCUT2D eigenvalue weighted by atomic mass is 32.1. The van der Waals surface area contributed by atoms with Gasteiger partial charge in [0.1, 0.15) is 0 Å². The zero-order valence-electron chi connectivity index (χ0n) is 12.2. The molecule has 0 spiro atoms. The molecule has 1 saturated carbocycles. The molecule has 106 valence electrons. The number of likely N-dealkylation sites (tertiary alicyclic amines) is 1. The Bertz CT molecular complexity index is 401. The predicted octanol–water partition coefficient (Wildman–Crippen LogP) is 3.48. The monoisotopic (exact) mass is 278 g/mol. The molecule has 1 aromatic rings. The van der Waals surface area contributed by atoms with E-state index in [1.54, 1.807) is 0 Å². The average molecular weight is 278 g/mol. The molecule has 0 amide bonds. The number of nitrogens with one attached hydrogen (secondary N) is 1. The fraction of sp³-hybridized carbons (Fsp3) is 0.750. The molecule has 0 radical (unpaired) electrons. The standard InChI is InChI=1S/C16H26N2S/c1-12-7-13(2)10-18(9-12)11-16-6-5-15(19-16)8-17-14-3-4-14/h5-6,12-14,17H,3-4,7-11H2,1-2H3. The lowest BCUT2D eigenvalue weighted by atomic mass is 9.92. The summed E-state index contributed by atoms with van der Waals surface area (Å²) in [6, 6.07) is 5.46. The van der Waals surface area contributed by atoms with Crippen LogP contribution < -0.4 is 5.32 Å². The minimum atomic E-state index is 0.814. The second kappa shape index (κ2) is 5.94. The molecule has 1 saturated heterocycles. The summed E-state index contributed by atoms with van der Waals surface area (Å²) in [5, 5.41) is 3.60. The Morgan fingerprint density at radius 2 is 1.84 bits per heavy atom. The Morgan fingerprint density at radius 3 is 2.53 bits per heavy atom. The zero-order valence-corrected chi connectivity index (χ0v) is 13.0. The first-order valence-electron chi connectivity index (χ1n) is 7.72. The fourth-order valence-corrected chi connectivity index (χ4v) is 4.29. The van der Waals surface area contributed by atoms with Crippen molar-refractivity contribution in [2.75, 3.05) is 13.1 Å². The second-order valence-corrected chi connectivity index (χ2v) is 7.92. The van der Waals surface area contributed by atoms with Crippen LogP contribution in [0.15, 0.2) is 12.1 Å². The molecule has 2 fully saturated rings. The summed E-state index contributed by atoms with van der Waals surface area (Å²) in [4.78, 5) is 5.68. The largest absolute Gasteiger partial charge is 0.309 e. The van der Waals surface area contributed by atoms with Gasteiger partial charge in [0, 0.05) is 42.0 Å². The van der Waals surface area contributed by atoms with Crippen molar-refractivity contribution in [3.8, 4) is 0 Å². The average Bonchev–Trinajstić information content (AvgIpc) is 3.06. The van der Waals surface area contributed by atoms with Crippen molar-refractivity contribution in [3.63, 3.8) is 0 Å². The maximum atomic E-state index is 3.60. The van der Waals surface area contributed by atoms with E-state index >= 15 is 0 Å². The zero-order chi connectivity index (χ0) is 13.2. The summed E-state index contributed by atoms with van der Waals surface area (Å²) in [5.41, 5.74) is 0. The summed E-state index contributed by atoms with van der Waals surface area (Å²) in [5.74, 6) is 1.72. The molecule has 2 unspecified atom stereocenters. The molecule has 2 atom stereocenters. The first-order chi connectivity index (χ1) is 9.19. The van der Waals surface area contributed by atoms with Crippen LogP contribution in [-0.4, -0.2) is 24.0 Å². The molecule has 2 nitrogen and oxygen atoms in total. The van der Waals surface area contributed by atoms with E-state index in [-0.39, 0.29) is 0 Å². The molecule has 1 N–H and O–H groups in total. The number of nitrogens with zero attached hydrogens (tertiary/aromatic N) is 1. The van der Waals surface area contributed by atoms with Gasteiger partial charge in [-0.3, -0.25) is 4.90 Å². The number of piperidine rings is 1. The van der Waals surface area contributed by atoms with Gasteiger partial charge < -0.3 is 5.32 Å². The van der Waals surface area contributed by atoms with Gasteiger partial charge in [-0.25, -0.2) is 0 Å². The molecule has 2 heterocycles. The molecular weight excluding hydrogens is 252 g/mol. The summed E-state index contributed by atoms with van der Waals surface area (Å²) >= 11 is 1.99. The molecular formula is C16H26N2S. The van der Waals surface area contributed by atoms with Crippen molar-refractivity contribution in [1.29, 1.82) is 0 Å². The summed E-state index contributed by atoms with van der Waals surface area (Å²) in [6.07, 6.45) is 4.15. The van der Waals surface area contributed by atoms with Crippen molar-refractivity contribution in [1.82, 2.24) is 10.2 Å². The van der Waals surface area contributed by atoms with Crippen molar-refractivity contribution >= 4 is 11.3 Å². The number of thiophene rings is 1. The summed E-state index contributed by atoms with van der Waals surface area (Å²) < 4.78 is 0. The molecule has 2 aliphatic rings. The van der Waals surface area contributed by atoms with Crippen LogP contribution in [0.2, 0.25) is 0 Å². The Morgan fingerprint density at radius 1 is 1.16 bits per heavy atom. The lowest BCUT2D eigenvalue weighted by Crippen LogP contribution is -2.37. The quantitative estimate of drug-likeness (QED) is 0.887. The molecule has 1 aromatic heterocycles. The van der Waals surface area contributed by atoms with Crippen molar-refractivity contribution in [2.24, 2.45) is 11.8 Å². The van der Waals surface area contributed by atoms with Gasteiger partial charge in [-0.05, 0) is 43.2 Å². The SMILES string of the molecule is CC1CC(C)CN(Cc2ccc(CNC3CC3)s2)C1. The van der Waals surface area contributed by atoms with E-state index in [1.165, 1.54) is 42.1 Å². The van der Waals surface area contributed by atoms with Gasteiger partial charge in [-0.2, -0.15) is 0 Å². The van der Waals surface area contributed by atoms with E-state index in [1.807, 2.05) is 11.3 Å². The van der Waals surface area contributed by atoms with Crippen LogP contribution in [0.1, 0.15) is 42.9 Å². The van der Waals surface area contributed by atoms with Crippen LogP contribution in [-0.2, 0) is 13.1 Å². The van der Waals surface area contributed by atoms with Gasteiger partial charge in [-0.1, -0.05) is 13.8 Å². The van der Waals surface area contributed by atoms with E-state index in [9.17, 15) is 0 Å². The molecule has 1 aliphatic carbocycles. The third kappa shape index (κ3) is 4.04. The summed E-state index contributed by atoms with van der Waals surface area (Å²) in [6.45, 7) is 9.56. The van der Waals surface area contributed by atoms with E-state index in [0.717, 1.165) is 31.0 Å². The number of rotatable bonds is 5. The highest BCUT2D eigenvalue weighted by molar-refractivity contribution is 7.11. The van der Waals surface area contributed by atoms with E-state index in [0.29, 0.717) is 0 Å². The highest BCUT2D eigenvalue weighted by Crippen LogP contribution is 2.26. The summed E-state index contributed by atoms with van der Waals surface area (Å²) in [7, 11) is 0. The van der Waals surface area contributed by atoms with Crippen molar-refractivity contribution in [2.45, 2.75) is 52.2 Å². The van der Waals surface area contributed by atoms with Crippen molar-refractivity contribution in [3.05, 3.63) is 21.9 Å². The highest BCUT2D eigenvalue weighted by Gasteiger charge is 2.22.